The van der Waals surface area contributed by atoms with Crippen LogP contribution in [0.25, 0.3) is 11.4 Å². The number of aromatic nitrogens is 2. The number of rotatable bonds is 7. The van der Waals surface area contributed by atoms with Crippen molar-refractivity contribution in [2.45, 2.75) is 26.3 Å². The number of piperidine rings is 1. The summed E-state index contributed by atoms with van der Waals surface area (Å²) in [5, 5.41) is 7.60. The number of amides is 1. The number of ether oxygens (including phenoxy) is 1. The molecule has 1 aromatic heterocycles. The molecule has 0 aliphatic carbocycles. The standard InChI is InChI=1S/C24H25ClN4O4/c1-2-32-24(31)17-6-8-20(9-7-17)26-23(30)16-10-12-29(13-11-16)15-21-27-22(28-33-21)18-4-3-5-19(25)14-18/h3-9,14,16H,2,10-13,15H2,1H3,(H,26,30). The molecule has 0 saturated carbocycles. The monoisotopic (exact) mass is 468 g/mol. The predicted octanol–water partition coefficient (Wildman–Crippen LogP) is 4.42. The van der Waals surface area contributed by atoms with E-state index in [2.05, 4.69) is 20.4 Å². The number of nitrogens with one attached hydrogen (secondary N) is 1. The first-order chi connectivity index (χ1) is 16.0. The van der Waals surface area contributed by atoms with E-state index in [1.165, 1.54) is 0 Å². The summed E-state index contributed by atoms with van der Waals surface area (Å²) < 4.78 is 10.4. The molecule has 2 aromatic carbocycles. The lowest BCUT2D eigenvalue weighted by Crippen LogP contribution is -2.37. The van der Waals surface area contributed by atoms with Crippen molar-refractivity contribution in [2.24, 2.45) is 5.92 Å². The molecular formula is C24H25ClN4O4. The normalized spacial score (nSPS) is 14.7. The first-order valence-electron chi connectivity index (χ1n) is 10.9. The maximum atomic E-state index is 12.7. The maximum absolute atomic E-state index is 12.7. The van der Waals surface area contributed by atoms with Gasteiger partial charge in [0, 0.05) is 22.2 Å². The average molecular weight is 469 g/mol. The largest absolute Gasteiger partial charge is 0.462 e. The molecule has 1 saturated heterocycles. The van der Waals surface area contributed by atoms with E-state index in [-0.39, 0.29) is 17.8 Å². The Hall–Kier alpha value is -3.23. The third-order valence-electron chi connectivity index (χ3n) is 5.53. The zero-order valence-corrected chi connectivity index (χ0v) is 19.0. The molecule has 172 valence electrons. The highest BCUT2D eigenvalue weighted by Crippen LogP contribution is 2.23. The fraction of sp³-hybridized carbons (Fsp3) is 0.333. The van der Waals surface area contributed by atoms with Crippen molar-refractivity contribution < 1.29 is 18.8 Å². The van der Waals surface area contributed by atoms with Crippen molar-refractivity contribution in [3.63, 3.8) is 0 Å². The second-order valence-electron chi connectivity index (χ2n) is 7.86. The van der Waals surface area contributed by atoms with Crippen LogP contribution in [0.5, 0.6) is 0 Å². The Kier molecular flexibility index (Phi) is 7.36. The van der Waals surface area contributed by atoms with Gasteiger partial charge in [-0.1, -0.05) is 28.9 Å². The number of hydrogen-bond acceptors (Lipinski definition) is 7. The lowest BCUT2D eigenvalue weighted by molar-refractivity contribution is -0.121. The van der Waals surface area contributed by atoms with Gasteiger partial charge in [0.25, 0.3) is 0 Å². The van der Waals surface area contributed by atoms with Crippen molar-refractivity contribution in [1.29, 1.82) is 0 Å². The second kappa shape index (κ2) is 10.6. The molecule has 4 rings (SSSR count). The summed E-state index contributed by atoms with van der Waals surface area (Å²) in [6, 6.07) is 14.1. The number of nitrogens with zero attached hydrogens (tertiary/aromatic N) is 3. The van der Waals surface area contributed by atoms with Gasteiger partial charge in [-0.15, -0.1) is 0 Å². The lowest BCUT2D eigenvalue weighted by Gasteiger charge is -2.30. The number of likely N-dealkylation sites (tertiary alicyclic amines) is 1. The van der Waals surface area contributed by atoms with Crippen molar-refractivity contribution in [3.8, 4) is 11.4 Å². The molecule has 0 unspecified atom stereocenters. The summed E-state index contributed by atoms with van der Waals surface area (Å²) in [4.78, 5) is 31.1. The van der Waals surface area contributed by atoms with Gasteiger partial charge in [-0.25, -0.2) is 4.79 Å². The van der Waals surface area contributed by atoms with Gasteiger partial charge in [0.15, 0.2) is 0 Å². The Morgan fingerprint density at radius 3 is 2.64 bits per heavy atom. The summed E-state index contributed by atoms with van der Waals surface area (Å²) in [5.74, 6) is 0.587. The molecule has 0 radical (unpaired) electrons. The third kappa shape index (κ3) is 5.97. The molecule has 1 N–H and O–H groups in total. The van der Waals surface area contributed by atoms with Crippen molar-refractivity contribution >= 4 is 29.2 Å². The number of hydrogen-bond donors (Lipinski definition) is 1. The minimum Gasteiger partial charge on any atom is -0.462 e. The molecule has 1 aliphatic heterocycles. The van der Waals surface area contributed by atoms with Gasteiger partial charge in [-0.2, -0.15) is 4.98 Å². The van der Waals surface area contributed by atoms with Crippen LogP contribution in [-0.2, 0) is 16.1 Å². The predicted molar refractivity (Wildman–Crippen MR) is 124 cm³/mol. The van der Waals surface area contributed by atoms with Gasteiger partial charge in [0.1, 0.15) is 0 Å². The van der Waals surface area contributed by atoms with Gasteiger partial charge in [-0.05, 0) is 69.3 Å². The smallest absolute Gasteiger partial charge is 0.338 e. The van der Waals surface area contributed by atoms with Gasteiger partial charge in [0.05, 0.1) is 18.7 Å². The fourth-order valence-electron chi connectivity index (χ4n) is 3.76. The molecule has 1 aliphatic rings. The van der Waals surface area contributed by atoms with E-state index in [0.717, 1.165) is 31.5 Å². The number of halogens is 1. The average Bonchev–Trinajstić information content (AvgIpc) is 3.29. The minimum atomic E-state index is -0.372. The van der Waals surface area contributed by atoms with E-state index in [1.807, 2.05) is 12.1 Å². The summed E-state index contributed by atoms with van der Waals surface area (Å²) in [6.07, 6.45) is 1.48. The molecule has 8 nitrogen and oxygen atoms in total. The van der Waals surface area contributed by atoms with Crippen molar-refractivity contribution in [1.82, 2.24) is 15.0 Å². The first kappa shape index (κ1) is 22.9. The van der Waals surface area contributed by atoms with E-state index in [0.29, 0.717) is 41.1 Å². The van der Waals surface area contributed by atoms with Gasteiger partial charge < -0.3 is 14.6 Å². The van der Waals surface area contributed by atoms with Crippen LogP contribution >= 0.6 is 11.6 Å². The highest BCUT2D eigenvalue weighted by molar-refractivity contribution is 6.30. The van der Waals surface area contributed by atoms with Crippen LogP contribution in [0.4, 0.5) is 5.69 Å². The van der Waals surface area contributed by atoms with Crippen LogP contribution in [-0.4, -0.2) is 46.6 Å². The summed E-state index contributed by atoms with van der Waals surface area (Å²) in [6.45, 7) is 4.14. The SMILES string of the molecule is CCOC(=O)c1ccc(NC(=O)C2CCN(Cc3nc(-c4cccc(Cl)c4)no3)CC2)cc1. The third-order valence-corrected chi connectivity index (χ3v) is 5.77. The molecule has 1 fully saturated rings. The molecule has 0 bridgehead atoms. The molecule has 33 heavy (non-hydrogen) atoms. The number of carbonyl (C=O) groups excluding carboxylic acids is 2. The summed E-state index contributed by atoms with van der Waals surface area (Å²) >= 11 is 6.03. The maximum Gasteiger partial charge on any atom is 0.338 e. The Morgan fingerprint density at radius 2 is 1.94 bits per heavy atom. The van der Waals surface area contributed by atoms with E-state index in [1.54, 1.807) is 43.3 Å². The Balaban J connectivity index is 1.26. The zero-order chi connectivity index (χ0) is 23.2. The van der Waals surface area contributed by atoms with Crippen LogP contribution in [0.2, 0.25) is 5.02 Å². The fourth-order valence-corrected chi connectivity index (χ4v) is 3.95. The highest BCUT2D eigenvalue weighted by Gasteiger charge is 2.26. The number of benzene rings is 2. The van der Waals surface area contributed by atoms with Gasteiger partial charge >= 0.3 is 5.97 Å². The van der Waals surface area contributed by atoms with Crippen LogP contribution in [0.15, 0.2) is 53.1 Å². The number of esters is 1. The highest BCUT2D eigenvalue weighted by atomic mass is 35.5. The van der Waals surface area contributed by atoms with Crippen LogP contribution in [0.3, 0.4) is 0 Å². The Bertz CT molecular complexity index is 1110. The van der Waals surface area contributed by atoms with Gasteiger partial charge in [-0.3, -0.25) is 9.69 Å². The van der Waals surface area contributed by atoms with Crippen LogP contribution in [0, 0.1) is 5.92 Å². The molecule has 2 heterocycles. The van der Waals surface area contributed by atoms with E-state index >= 15 is 0 Å². The number of anilines is 1. The lowest BCUT2D eigenvalue weighted by atomic mass is 9.96. The summed E-state index contributed by atoms with van der Waals surface area (Å²) in [5.41, 5.74) is 1.93. The quantitative estimate of drug-likeness (QED) is 0.512. The molecular weight excluding hydrogens is 444 g/mol. The summed E-state index contributed by atoms with van der Waals surface area (Å²) in [7, 11) is 0. The van der Waals surface area contributed by atoms with E-state index in [9.17, 15) is 9.59 Å². The topological polar surface area (TPSA) is 97.6 Å². The minimum absolute atomic E-state index is 0.0143. The van der Waals surface area contributed by atoms with E-state index < -0.39 is 0 Å². The zero-order valence-electron chi connectivity index (χ0n) is 18.3. The molecule has 9 heteroatoms. The van der Waals surface area contributed by atoms with Gasteiger partial charge in [0.2, 0.25) is 17.6 Å². The van der Waals surface area contributed by atoms with E-state index in [4.69, 9.17) is 20.9 Å². The molecule has 0 spiro atoms. The molecule has 3 aromatic rings. The molecule has 0 atom stereocenters. The number of carbonyl (C=O) groups is 2. The second-order valence-corrected chi connectivity index (χ2v) is 8.30. The van der Waals surface area contributed by atoms with Crippen molar-refractivity contribution in [3.05, 3.63) is 65.0 Å². The van der Waals surface area contributed by atoms with Crippen LogP contribution < -0.4 is 5.32 Å². The van der Waals surface area contributed by atoms with Crippen molar-refractivity contribution in [2.75, 3.05) is 25.0 Å². The Morgan fingerprint density at radius 1 is 1.18 bits per heavy atom. The first-order valence-corrected chi connectivity index (χ1v) is 11.3. The molecule has 1 amide bonds. The Labute approximate surface area is 196 Å². The van der Waals surface area contributed by atoms with Crippen LogP contribution in [0.1, 0.15) is 36.0 Å².